The first-order chi connectivity index (χ1) is 11.5. The van der Waals surface area contributed by atoms with Gasteiger partial charge in [-0.15, -0.1) is 36.2 Å². The van der Waals surface area contributed by atoms with Crippen molar-refractivity contribution in [3.05, 3.63) is 40.9 Å². The number of hydrogen-bond acceptors (Lipinski definition) is 5. The van der Waals surface area contributed by atoms with E-state index in [1.54, 1.807) is 23.3 Å². The van der Waals surface area contributed by atoms with E-state index in [1.807, 2.05) is 51.2 Å². The number of nitrogens with zero attached hydrogens (tertiary/aromatic N) is 2. The van der Waals surface area contributed by atoms with Gasteiger partial charge in [-0.2, -0.15) is 0 Å². The van der Waals surface area contributed by atoms with Gasteiger partial charge in [0.2, 0.25) is 5.91 Å². The van der Waals surface area contributed by atoms with Gasteiger partial charge in [0.25, 0.3) is 0 Å². The molecule has 0 saturated heterocycles. The van der Waals surface area contributed by atoms with Crippen LogP contribution in [0.2, 0.25) is 0 Å². The van der Waals surface area contributed by atoms with Crippen molar-refractivity contribution in [2.24, 2.45) is 5.73 Å². The number of rotatable bonds is 7. The molecule has 1 aromatic heterocycles. The summed E-state index contributed by atoms with van der Waals surface area (Å²) in [6.45, 7) is 4.35. The summed E-state index contributed by atoms with van der Waals surface area (Å²) < 4.78 is 5.21. The third kappa shape index (κ3) is 5.93. The molecule has 2 aromatic rings. The number of aromatic nitrogens is 1. The molecule has 2 N–H and O–H groups in total. The minimum Gasteiger partial charge on any atom is -0.380 e. The number of hydrogen-bond donors (Lipinski definition) is 1. The van der Waals surface area contributed by atoms with Crippen LogP contribution in [0.3, 0.4) is 0 Å². The molecule has 146 valence electrons. The zero-order chi connectivity index (χ0) is 17.7. The molecule has 0 radical (unpaired) electrons. The quantitative estimate of drug-likeness (QED) is 0.739. The summed E-state index contributed by atoms with van der Waals surface area (Å²) in [4.78, 5) is 20.0. The molecule has 2 unspecified atom stereocenters. The SMILES string of the molecule is COC(CN)CC(=O)N(C)C(C)c1sc(-c2ccccc2)nc1C.Cl.Cl. The topological polar surface area (TPSA) is 68.5 Å². The van der Waals surface area contributed by atoms with Crippen molar-refractivity contribution >= 4 is 42.1 Å². The molecule has 8 heteroatoms. The van der Waals surface area contributed by atoms with E-state index in [0.29, 0.717) is 6.54 Å². The maximum Gasteiger partial charge on any atom is 0.225 e. The Bertz CT molecular complexity index is 678. The maximum atomic E-state index is 12.4. The molecule has 0 saturated carbocycles. The first kappa shape index (κ1) is 24.8. The Morgan fingerprint density at radius 2 is 1.92 bits per heavy atom. The Hall–Kier alpha value is -1.18. The van der Waals surface area contributed by atoms with Gasteiger partial charge in [0.05, 0.1) is 29.1 Å². The lowest BCUT2D eigenvalue weighted by Gasteiger charge is -2.26. The number of carbonyl (C=O) groups excluding carboxylic acids is 1. The largest absolute Gasteiger partial charge is 0.380 e. The lowest BCUT2D eigenvalue weighted by Crippen LogP contribution is -2.35. The summed E-state index contributed by atoms with van der Waals surface area (Å²) in [6.07, 6.45) is 0.0478. The Labute approximate surface area is 171 Å². The van der Waals surface area contributed by atoms with E-state index in [9.17, 15) is 4.79 Å². The van der Waals surface area contributed by atoms with E-state index in [2.05, 4.69) is 4.98 Å². The lowest BCUT2D eigenvalue weighted by molar-refractivity contribution is -0.134. The van der Waals surface area contributed by atoms with Crippen LogP contribution in [0.15, 0.2) is 30.3 Å². The average Bonchev–Trinajstić information content (AvgIpc) is 3.00. The molecule has 0 bridgehead atoms. The second kappa shape index (κ2) is 11.5. The van der Waals surface area contributed by atoms with Crippen molar-refractivity contribution in [3.8, 4) is 10.6 Å². The molecule has 26 heavy (non-hydrogen) atoms. The van der Waals surface area contributed by atoms with Crippen molar-refractivity contribution in [1.29, 1.82) is 0 Å². The molecule has 1 heterocycles. The van der Waals surface area contributed by atoms with Crippen LogP contribution in [-0.2, 0) is 9.53 Å². The summed E-state index contributed by atoms with van der Waals surface area (Å²) in [5, 5.41) is 0.979. The third-order valence-corrected chi connectivity index (χ3v) is 5.58. The molecule has 0 aliphatic heterocycles. The van der Waals surface area contributed by atoms with Crippen molar-refractivity contribution < 1.29 is 9.53 Å². The second-order valence-corrected chi connectivity index (χ2v) is 6.84. The van der Waals surface area contributed by atoms with Crippen LogP contribution >= 0.6 is 36.2 Å². The predicted octanol–water partition coefficient (Wildman–Crippen LogP) is 3.85. The fourth-order valence-corrected chi connectivity index (χ4v) is 3.66. The number of ether oxygens (including phenoxy) is 1. The number of nitrogens with two attached hydrogens (primary N) is 1. The zero-order valence-electron chi connectivity index (χ0n) is 15.5. The fourth-order valence-electron chi connectivity index (χ4n) is 2.49. The number of benzene rings is 1. The molecule has 0 spiro atoms. The summed E-state index contributed by atoms with van der Waals surface area (Å²) in [6, 6.07) is 10.1. The van der Waals surface area contributed by atoms with Crippen LogP contribution in [0.25, 0.3) is 10.6 Å². The molecule has 0 fully saturated rings. The Morgan fingerprint density at radius 1 is 1.31 bits per heavy atom. The summed E-state index contributed by atoms with van der Waals surface area (Å²) in [5.41, 5.74) is 7.67. The van der Waals surface area contributed by atoms with Gasteiger partial charge in [0, 0.05) is 26.3 Å². The van der Waals surface area contributed by atoms with E-state index < -0.39 is 0 Å². The standard InChI is InChI=1S/C18H25N3O2S.2ClH/c1-12-17(24-18(20-12)14-8-6-5-7-9-14)13(2)21(3)16(22)10-15(11-19)23-4;;/h5-9,13,15H,10-11,19H2,1-4H3;2*1H. The van der Waals surface area contributed by atoms with Crippen molar-refractivity contribution in [3.63, 3.8) is 0 Å². The van der Waals surface area contributed by atoms with Crippen LogP contribution in [-0.4, -0.2) is 42.6 Å². The maximum absolute atomic E-state index is 12.4. The number of methoxy groups -OCH3 is 1. The molecule has 0 aliphatic carbocycles. The van der Waals surface area contributed by atoms with Gasteiger partial charge < -0.3 is 15.4 Å². The first-order valence-corrected chi connectivity index (χ1v) is 8.80. The van der Waals surface area contributed by atoms with Gasteiger partial charge in [-0.3, -0.25) is 4.79 Å². The predicted molar refractivity (Wildman–Crippen MR) is 112 cm³/mol. The zero-order valence-corrected chi connectivity index (χ0v) is 17.9. The average molecular weight is 420 g/mol. The molecular weight excluding hydrogens is 393 g/mol. The van der Waals surface area contributed by atoms with E-state index in [-0.39, 0.29) is 49.3 Å². The van der Waals surface area contributed by atoms with E-state index >= 15 is 0 Å². The van der Waals surface area contributed by atoms with Gasteiger partial charge in [-0.05, 0) is 13.8 Å². The van der Waals surface area contributed by atoms with Crippen LogP contribution in [0, 0.1) is 6.92 Å². The summed E-state index contributed by atoms with van der Waals surface area (Å²) in [5.74, 6) is 0.0221. The molecular formula is C18H27Cl2N3O2S. The summed E-state index contributed by atoms with van der Waals surface area (Å²) >= 11 is 1.64. The van der Waals surface area contributed by atoms with E-state index in [4.69, 9.17) is 10.5 Å². The highest BCUT2D eigenvalue weighted by Gasteiger charge is 2.24. The minimum absolute atomic E-state index is 0. The van der Waals surface area contributed by atoms with E-state index in [0.717, 1.165) is 21.1 Å². The fraction of sp³-hybridized carbons (Fsp3) is 0.444. The number of thiazole rings is 1. The number of halogens is 2. The van der Waals surface area contributed by atoms with Crippen molar-refractivity contribution in [1.82, 2.24) is 9.88 Å². The first-order valence-electron chi connectivity index (χ1n) is 7.99. The van der Waals surface area contributed by atoms with Gasteiger partial charge in [0.15, 0.2) is 0 Å². The molecule has 5 nitrogen and oxygen atoms in total. The van der Waals surface area contributed by atoms with Crippen molar-refractivity contribution in [2.75, 3.05) is 20.7 Å². The van der Waals surface area contributed by atoms with E-state index in [1.165, 1.54) is 0 Å². The molecule has 0 aliphatic rings. The smallest absolute Gasteiger partial charge is 0.225 e. The van der Waals surface area contributed by atoms with Crippen LogP contribution in [0.5, 0.6) is 0 Å². The Morgan fingerprint density at radius 3 is 2.46 bits per heavy atom. The molecule has 1 aromatic carbocycles. The lowest BCUT2D eigenvalue weighted by atomic mass is 10.1. The highest BCUT2D eigenvalue weighted by molar-refractivity contribution is 7.15. The van der Waals surface area contributed by atoms with Crippen LogP contribution < -0.4 is 5.73 Å². The normalized spacial score (nSPS) is 12.5. The number of carbonyl (C=O) groups is 1. The van der Waals surface area contributed by atoms with Crippen LogP contribution in [0.4, 0.5) is 0 Å². The monoisotopic (exact) mass is 419 g/mol. The second-order valence-electron chi connectivity index (χ2n) is 5.81. The molecule has 1 amide bonds. The molecule has 2 atom stereocenters. The number of amides is 1. The number of aryl methyl sites for hydroxylation is 1. The highest BCUT2D eigenvalue weighted by atomic mass is 35.5. The van der Waals surface area contributed by atoms with Crippen LogP contribution in [0.1, 0.15) is 30.0 Å². The van der Waals surface area contributed by atoms with Crippen molar-refractivity contribution in [2.45, 2.75) is 32.4 Å². The Balaban J connectivity index is 0.00000312. The van der Waals surface area contributed by atoms with Gasteiger partial charge >= 0.3 is 0 Å². The summed E-state index contributed by atoms with van der Waals surface area (Å²) in [7, 11) is 3.39. The highest BCUT2D eigenvalue weighted by Crippen LogP contribution is 2.34. The van der Waals surface area contributed by atoms with Gasteiger partial charge in [0.1, 0.15) is 5.01 Å². The molecule has 2 rings (SSSR count). The Kier molecular flexibility index (Phi) is 11.0. The van der Waals surface area contributed by atoms with Gasteiger partial charge in [-0.1, -0.05) is 30.3 Å². The third-order valence-electron chi connectivity index (χ3n) is 4.21. The minimum atomic E-state index is -0.241. The van der Waals surface area contributed by atoms with Gasteiger partial charge in [-0.25, -0.2) is 4.98 Å².